The van der Waals surface area contributed by atoms with Gasteiger partial charge in [0.1, 0.15) is 0 Å². The number of benzene rings is 1. The summed E-state index contributed by atoms with van der Waals surface area (Å²) in [6.45, 7) is -0.799. The first-order chi connectivity index (χ1) is 12.3. The number of nitrogens with zero attached hydrogens (tertiary/aromatic N) is 1. The average molecular weight is 385 g/mol. The molecule has 0 spiro atoms. The summed E-state index contributed by atoms with van der Waals surface area (Å²) in [5.74, 6) is -6.41. The number of hydrogen-bond acceptors (Lipinski definition) is 4. The monoisotopic (exact) mass is 385 g/mol. The minimum absolute atomic E-state index is 0.333. The number of likely N-dealkylation sites (N-methyl/N-ethyl adjacent to an activating group) is 1. The molecule has 138 valence electrons. The van der Waals surface area contributed by atoms with Crippen molar-refractivity contribution in [3.63, 3.8) is 0 Å². The molecule has 1 aromatic carbocycles. The first kappa shape index (κ1) is 19.4. The number of thiophene rings is 1. The third-order valence-electron chi connectivity index (χ3n) is 3.26. The molecule has 0 aliphatic heterocycles. The second-order valence-corrected chi connectivity index (χ2v) is 6.13. The van der Waals surface area contributed by atoms with Gasteiger partial charge in [-0.2, -0.15) is 0 Å². The van der Waals surface area contributed by atoms with Crippen LogP contribution in [0.4, 0.5) is 18.9 Å². The van der Waals surface area contributed by atoms with E-state index in [1.807, 2.05) is 0 Å². The Labute approximate surface area is 150 Å². The van der Waals surface area contributed by atoms with Gasteiger partial charge in [-0.15, -0.1) is 11.3 Å². The van der Waals surface area contributed by atoms with Crippen molar-refractivity contribution >= 4 is 34.7 Å². The van der Waals surface area contributed by atoms with Gasteiger partial charge in [0.05, 0.1) is 23.7 Å². The van der Waals surface area contributed by atoms with Crippen molar-refractivity contribution in [1.82, 2.24) is 10.2 Å². The predicted molar refractivity (Wildman–Crippen MR) is 89.2 cm³/mol. The fourth-order valence-corrected chi connectivity index (χ4v) is 2.54. The van der Waals surface area contributed by atoms with Crippen molar-refractivity contribution in [3.8, 4) is 0 Å². The molecule has 0 aliphatic carbocycles. The van der Waals surface area contributed by atoms with E-state index in [1.165, 1.54) is 18.4 Å². The second kappa shape index (κ2) is 8.48. The quantitative estimate of drug-likeness (QED) is 0.747. The molecule has 2 rings (SSSR count). The first-order valence-corrected chi connectivity index (χ1v) is 8.16. The molecule has 0 atom stereocenters. The fourth-order valence-electron chi connectivity index (χ4n) is 1.90. The van der Waals surface area contributed by atoms with Crippen LogP contribution in [0.3, 0.4) is 0 Å². The molecular formula is C16H14F3N3O3S. The topological polar surface area (TPSA) is 78.5 Å². The Balaban J connectivity index is 1.85. The van der Waals surface area contributed by atoms with Gasteiger partial charge in [0, 0.05) is 7.05 Å². The van der Waals surface area contributed by atoms with Gasteiger partial charge in [-0.25, -0.2) is 13.2 Å². The normalized spacial score (nSPS) is 10.3. The Hall–Kier alpha value is -2.88. The highest BCUT2D eigenvalue weighted by molar-refractivity contribution is 7.12. The van der Waals surface area contributed by atoms with Crippen molar-refractivity contribution in [2.24, 2.45) is 0 Å². The van der Waals surface area contributed by atoms with Gasteiger partial charge in [0.2, 0.25) is 11.8 Å². The molecule has 10 heteroatoms. The van der Waals surface area contributed by atoms with Gasteiger partial charge in [-0.1, -0.05) is 6.07 Å². The zero-order valence-electron chi connectivity index (χ0n) is 13.5. The van der Waals surface area contributed by atoms with E-state index in [4.69, 9.17) is 0 Å². The van der Waals surface area contributed by atoms with Gasteiger partial charge >= 0.3 is 0 Å². The van der Waals surface area contributed by atoms with E-state index in [2.05, 4.69) is 10.6 Å². The van der Waals surface area contributed by atoms with Crippen LogP contribution in [0.1, 0.15) is 9.67 Å². The van der Waals surface area contributed by atoms with Crippen LogP contribution in [-0.4, -0.2) is 42.8 Å². The zero-order valence-corrected chi connectivity index (χ0v) is 14.3. The molecule has 1 aromatic heterocycles. The molecule has 0 fully saturated rings. The van der Waals surface area contributed by atoms with Gasteiger partial charge < -0.3 is 15.5 Å². The van der Waals surface area contributed by atoms with E-state index in [0.29, 0.717) is 10.9 Å². The maximum absolute atomic E-state index is 13.5. The number of anilines is 1. The SMILES string of the molecule is CN(CC(=O)Nc1ccc(F)c(F)c1F)C(=O)CNC(=O)c1cccs1. The Kier molecular flexibility index (Phi) is 6.34. The summed E-state index contributed by atoms with van der Waals surface area (Å²) in [4.78, 5) is 36.9. The summed E-state index contributed by atoms with van der Waals surface area (Å²) in [7, 11) is 1.31. The summed E-state index contributed by atoms with van der Waals surface area (Å²) in [6.07, 6.45) is 0. The van der Waals surface area contributed by atoms with Crippen LogP contribution in [0.25, 0.3) is 0 Å². The van der Waals surface area contributed by atoms with Crippen molar-refractivity contribution in [3.05, 3.63) is 52.0 Å². The van der Waals surface area contributed by atoms with Crippen LogP contribution in [0.2, 0.25) is 0 Å². The van der Waals surface area contributed by atoms with Crippen LogP contribution in [0, 0.1) is 17.5 Å². The Morgan fingerprint density at radius 1 is 1.12 bits per heavy atom. The molecule has 26 heavy (non-hydrogen) atoms. The third kappa shape index (κ3) is 4.82. The Morgan fingerprint density at radius 2 is 1.85 bits per heavy atom. The lowest BCUT2D eigenvalue weighted by Gasteiger charge is -2.17. The summed E-state index contributed by atoms with van der Waals surface area (Å²) in [5.41, 5.74) is -0.541. The van der Waals surface area contributed by atoms with Crippen molar-refractivity contribution < 1.29 is 27.6 Å². The van der Waals surface area contributed by atoms with Gasteiger partial charge in [-0.05, 0) is 23.6 Å². The highest BCUT2D eigenvalue weighted by atomic mass is 32.1. The van der Waals surface area contributed by atoms with E-state index >= 15 is 0 Å². The van der Waals surface area contributed by atoms with Crippen molar-refractivity contribution in [2.45, 2.75) is 0 Å². The van der Waals surface area contributed by atoms with Crippen molar-refractivity contribution in [1.29, 1.82) is 0 Å². The average Bonchev–Trinajstić information content (AvgIpc) is 3.14. The van der Waals surface area contributed by atoms with Crippen LogP contribution < -0.4 is 10.6 Å². The largest absolute Gasteiger partial charge is 0.342 e. The highest BCUT2D eigenvalue weighted by Crippen LogP contribution is 2.19. The summed E-state index contributed by atoms with van der Waals surface area (Å²) >= 11 is 1.21. The molecule has 0 unspecified atom stereocenters. The highest BCUT2D eigenvalue weighted by Gasteiger charge is 2.18. The number of hydrogen-bond donors (Lipinski definition) is 2. The molecule has 1 heterocycles. The summed E-state index contributed by atoms with van der Waals surface area (Å²) in [6, 6.07) is 4.82. The Bertz CT molecular complexity index is 828. The number of nitrogens with one attached hydrogen (secondary N) is 2. The van der Waals surface area contributed by atoms with Gasteiger partial charge in [0.15, 0.2) is 17.5 Å². The number of carbonyl (C=O) groups is 3. The molecular weight excluding hydrogens is 371 g/mol. The molecule has 3 amide bonds. The summed E-state index contributed by atoms with van der Waals surface area (Å²) < 4.78 is 39.5. The number of halogens is 3. The third-order valence-corrected chi connectivity index (χ3v) is 4.13. The van der Waals surface area contributed by atoms with Crippen molar-refractivity contribution in [2.75, 3.05) is 25.5 Å². The maximum atomic E-state index is 13.5. The van der Waals surface area contributed by atoms with E-state index in [9.17, 15) is 27.6 Å². The molecule has 0 saturated heterocycles. The predicted octanol–water partition coefficient (Wildman–Crippen LogP) is 1.99. The number of carbonyl (C=O) groups excluding carboxylic acids is 3. The molecule has 0 saturated carbocycles. The standard InChI is InChI=1S/C16H14F3N3O3S/c1-22(13(24)7-20-16(25)11-3-2-6-26-11)8-12(23)21-10-5-4-9(17)14(18)15(10)19/h2-6H,7-8H2,1H3,(H,20,25)(H,21,23). The van der Waals surface area contributed by atoms with Gasteiger partial charge in [-0.3, -0.25) is 14.4 Å². The van der Waals surface area contributed by atoms with E-state index in [1.54, 1.807) is 17.5 Å². The first-order valence-electron chi connectivity index (χ1n) is 7.28. The van der Waals surface area contributed by atoms with Crippen LogP contribution >= 0.6 is 11.3 Å². The summed E-state index contributed by atoms with van der Waals surface area (Å²) in [5, 5.41) is 6.17. The Morgan fingerprint density at radius 3 is 2.50 bits per heavy atom. The molecule has 0 bridgehead atoms. The second-order valence-electron chi connectivity index (χ2n) is 5.18. The lowest BCUT2D eigenvalue weighted by molar-refractivity contribution is -0.132. The smallest absolute Gasteiger partial charge is 0.261 e. The van der Waals surface area contributed by atoms with Crippen LogP contribution in [0.5, 0.6) is 0 Å². The lowest BCUT2D eigenvalue weighted by atomic mass is 10.2. The fraction of sp³-hybridized carbons (Fsp3) is 0.188. The minimum Gasteiger partial charge on any atom is -0.342 e. The number of rotatable bonds is 6. The van der Waals surface area contributed by atoms with E-state index < -0.39 is 47.4 Å². The van der Waals surface area contributed by atoms with E-state index in [-0.39, 0.29) is 6.54 Å². The zero-order chi connectivity index (χ0) is 19.3. The molecule has 2 aromatic rings. The minimum atomic E-state index is -1.71. The number of amides is 3. The molecule has 2 N–H and O–H groups in total. The molecule has 0 aliphatic rings. The van der Waals surface area contributed by atoms with Crippen LogP contribution in [-0.2, 0) is 9.59 Å². The van der Waals surface area contributed by atoms with Crippen LogP contribution in [0.15, 0.2) is 29.6 Å². The van der Waals surface area contributed by atoms with Gasteiger partial charge in [0.25, 0.3) is 5.91 Å². The molecule has 6 nitrogen and oxygen atoms in total. The molecule has 0 radical (unpaired) electrons. The van der Waals surface area contributed by atoms with E-state index in [0.717, 1.165) is 11.0 Å². The maximum Gasteiger partial charge on any atom is 0.261 e. The lowest BCUT2D eigenvalue weighted by Crippen LogP contribution is -2.41.